The van der Waals surface area contributed by atoms with Gasteiger partial charge in [0.1, 0.15) is 11.5 Å². The molecular formula is C13H10F3N3O. The van der Waals surface area contributed by atoms with Crippen LogP contribution in [-0.2, 0) is 0 Å². The number of carbonyl (C=O) groups excluding carboxylic acids is 1. The number of benzene rings is 1. The van der Waals surface area contributed by atoms with Crippen LogP contribution in [0.25, 0.3) is 0 Å². The Morgan fingerprint density at radius 3 is 2.40 bits per heavy atom. The van der Waals surface area contributed by atoms with Crippen LogP contribution in [0.15, 0.2) is 30.3 Å². The van der Waals surface area contributed by atoms with Gasteiger partial charge in [0.2, 0.25) is 0 Å². The molecule has 0 saturated heterocycles. The molecule has 0 aliphatic heterocycles. The fourth-order valence-corrected chi connectivity index (χ4v) is 1.52. The Hall–Kier alpha value is -2.57. The van der Waals surface area contributed by atoms with Crippen molar-refractivity contribution in [1.29, 1.82) is 0 Å². The number of pyridine rings is 1. The van der Waals surface area contributed by atoms with Crippen LogP contribution in [0.1, 0.15) is 10.5 Å². The van der Waals surface area contributed by atoms with Gasteiger partial charge >= 0.3 is 0 Å². The second-order valence-electron chi connectivity index (χ2n) is 3.87. The molecule has 0 fully saturated rings. The third kappa shape index (κ3) is 2.87. The fraction of sp³-hybridized carbons (Fsp3) is 0.0769. The Labute approximate surface area is 112 Å². The van der Waals surface area contributed by atoms with Crippen LogP contribution in [0.3, 0.4) is 0 Å². The molecule has 2 N–H and O–H groups in total. The molecule has 0 aliphatic rings. The summed E-state index contributed by atoms with van der Waals surface area (Å²) in [5.41, 5.74) is -0.134. The van der Waals surface area contributed by atoms with E-state index in [4.69, 9.17) is 0 Å². The molecule has 7 heteroatoms. The first kappa shape index (κ1) is 13.9. The highest BCUT2D eigenvalue weighted by atomic mass is 19.2. The summed E-state index contributed by atoms with van der Waals surface area (Å²) >= 11 is 0. The van der Waals surface area contributed by atoms with E-state index in [1.807, 2.05) is 0 Å². The Morgan fingerprint density at radius 1 is 1.15 bits per heavy atom. The number of carbonyl (C=O) groups is 1. The molecule has 2 rings (SSSR count). The molecule has 2 aromatic rings. The van der Waals surface area contributed by atoms with Gasteiger partial charge in [0.15, 0.2) is 17.5 Å². The van der Waals surface area contributed by atoms with Gasteiger partial charge in [0.25, 0.3) is 5.91 Å². The molecule has 1 amide bonds. The zero-order chi connectivity index (χ0) is 14.7. The third-order valence-electron chi connectivity index (χ3n) is 2.48. The number of rotatable bonds is 3. The van der Waals surface area contributed by atoms with E-state index in [1.165, 1.54) is 6.07 Å². The SMILES string of the molecule is CNc1cccc(C(=O)Nc2cc(F)c(F)c(F)c2)n1. The summed E-state index contributed by atoms with van der Waals surface area (Å²) in [7, 11) is 1.63. The minimum atomic E-state index is -1.58. The van der Waals surface area contributed by atoms with Crippen molar-refractivity contribution in [3.63, 3.8) is 0 Å². The lowest BCUT2D eigenvalue weighted by molar-refractivity contribution is 0.102. The molecule has 0 atom stereocenters. The Balaban J connectivity index is 2.23. The van der Waals surface area contributed by atoms with E-state index in [-0.39, 0.29) is 11.4 Å². The molecule has 4 nitrogen and oxygen atoms in total. The maximum Gasteiger partial charge on any atom is 0.274 e. The maximum atomic E-state index is 13.0. The average Bonchev–Trinajstić information content (AvgIpc) is 2.44. The van der Waals surface area contributed by atoms with E-state index < -0.39 is 23.4 Å². The van der Waals surface area contributed by atoms with Gasteiger partial charge in [-0.1, -0.05) is 6.07 Å². The number of amides is 1. The van der Waals surface area contributed by atoms with Crippen LogP contribution >= 0.6 is 0 Å². The Morgan fingerprint density at radius 2 is 1.80 bits per heavy atom. The first-order valence-electron chi connectivity index (χ1n) is 5.62. The molecule has 104 valence electrons. The number of halogens is 3. The number of hydrogen-bond donors (Lipinski definition) is 2. The predicted molar refractivity (Wildman–Crippen MR) is 68.1 cm³/mol. The van der Waals surface area contributed by atoms with Gasteiger partial charge in [0.05, 0.1) is 0 Å². The van der Waals surface area contributed by atoms with E-state index in [0.29, 0.717) is 18.0 Å². The quantitative estimate of drug-likeness (QED) is 0.851. The van der Waals surface area contributed by atoms with Crippen LogP contribution < -0.4 is 10.6 Å². The highest BCUT2D eigenvalue weighted by Gasteiger charge is 2.13. The molecule has 0 radical (unpaired) electrons. The second kappa shape index (κ2) is 5.60. The lowest BCUT2D eigenvalue weighted by Gasteiger charge is -2.07. The number of nitrogens with zero attached hydrogens (tertiary/aromatic N) is 1. The minimum absolute atomic E-state index is 0.0574. The summed E-state index contributed by atoms with van der Waals surface area (Å²) in [6.07, 6.45) is 0. The molecule has 0 saturated carbocycles. The van der Waals surface area contributed by atoms with E-state index in [0.717, 1.165) is 0 Å². The first-order chi connectivity index (χ1) is 9.51. The summed E-state index contributed by atoms with van der Waals surface area (Å²) in [5, 5.41) is 4.99. The van der Waals surface area contributed by atoms with Gasteiger partial charge in [-0.25, -0.2) is 18.2 Å². The average molecular weight is 281 g/mol. The molecule has 0 unspecified atom stereocenters. The van der Waals surface area contributed by atoms with Crippen LogP contribution in [0.5, 0.6) is 0 Å². The zero-order valence-corrected chi connectivity index (χ0v) is 10.4. The largest absolute Gasteiger partial charge is 0.373 e. The monoisotopic (exact) mass is 281 g/mol. The lowest BCUT2D eigenvalue weighted by Crippen LogP contribution is -2.14. The molecule has 0 bridgehead atoms. The maximum absolute atomic E-state index is 13.0. The smallest absolute Gasteiger partial charge is 0.274 e. The molecule has 1 aromatic carbocycles. The van der Waals surface area contributed by atoms with Gasteiger partial charge in [0, 0.05) is 24.9 Å². The summed E-state index contributed by atoms with van der Waals surface area (Å²) < 4.78 is 38.8. The van der Waals surface area contributed by atoms with Gasteiger partial charge in [-0.15, -0.1) is 0 Å². The summed E-state index contributed by atoms with van der Waals surface area (Å²) in [6, 6.07) is 6.07. The summed E-state index contributed by atoms with van der Waals surface area (Å²) in [5.74, 6) is -4.53. The van der Waals surface area contributed by atoms with Crippen molar-refractivity contribution in [2.24, 2.45) is 0 Å². The fourth-order valence-electron chi connectivity index (χ4n) is 1.52. The van der Waals surface area contributed by atoms with Crippen LogP contribution in [0.4, 0.5) is 24.7 Å². The number of aromatic nitrogens is 1. The number of nitrogens with one attached hydrogen (secondary N) is 2. The van der Waals surface area contributed by atoms with Crippen molar-refractivity contribution in [2.45, 2.75) is 0 Å². The van der Waals surface area contributed by atoms with Gasteiger partial charge < -0.3 is 10.6 Å². The normalized spacial score (nSPS) is 10.2. The molecular weight excluding hydrogens is 271 g/mol. The van der Waals surface area contributed by atoms with Crippen molar-refractivity contribution >= 4 is 17.4 Å². The molecule has 1 aromatic heterocycles. The molecule has 0 aliphatic carbocycles. The van der Waals surface area contributed by atoms with Crippen LogP contribution in [0, 0.1) is 17.5 Å². The Bertz CT molecular complexity index is 638. The Kier molecular flexibility index (Phi) is 3.88. The van der Waals surface area contributed by atoms with Gasteiger partial charge in [-0.3, -0.25) is 4.79 Å². The van der Waals surface area contributed by atoms with E-state index >= 15 is 0 Å². The van der Waals surface area contributed by atoms with Crippen molar-refractivity contribution in [3.8, 4) is 0 Å². The van der Waals surface area contributed by atoms with Crippen molar-refractivity contribution in [3.05, 3.63) is 53.5 Å². The minimum Gasteiger partial charge on any atom is -0.373 e. The first-order valence-corrected chi connectivity index (χ1v) is 5.62. The van der Waals surface area contributed by atoms with Gasteiger partial charge in [-0.05, 0) is 12.1 Å². The number of hydrogen-bond acceptors (Lipinski definition) is 3. The van der Waals surface area contributed by atoms with Crippen LogP contribution in [0.2, 0.25) is 0 Å². The zero-order valence-electron chi connectivity index (χ0n) is 10.4. The highest BCUT2D eigenvalue weighted by Crippen LogP contribution is 2.18. The molecule has 1 heterocycles. The lowest BCUT2D eigenvalue weighted by atomic mass is 10.2. The summed E-state index contributed by atoms with van der Waals surface area (Å²) in [4.78, 5) is 15.8. The third-order valence-corrected chi connectivity index (χ3v) is 2.48. The van der Waals surface area contributed by atoms with E-state index in [2.05, 4.69) is 15.6 Å². The highest BCUT2D eigenvalue weighted by molar-refractivity contribution is 6.03. The summed E-state index contributed by atoms with van der Waals surface area (Å²) in [6.45, 7) is 0. The number of anilines is 2. The predicted octanol–water partition coefficient (Wildman–Crippen LogP) is 2.79. The topological polar surface area (TPSA) is 54.0 Å². The van der Waals surface area contributed by atoms with Crippen molar-refractivity contribution < 1.29 is 18.0 Å². The van der Waals surface area contributed by atoms with E-state index in [9.17, 15) is 18.0 Å². The second-order valence-corrected chi connectivity index (χ2v) is 3.87. The van der Waals surface area contributed by atoms with E-state index in [1.54, 1.807) is 19.2 Å². The molecule has 20 heavy (non-hydrogen) atoms. The van der Waals surface area contributed by atoms with Crippen molar-refractivity contribution in [2.75, 3.05) is 17.7 Å². The standard InChI is InChI=1S/C13H10F3N3O/c1-17-11-4-2-3-10(19-11)13(20)18-7-5-8(14)12(16)9(15)6-7/h2-6H,1H3,(H,17,19)(H,18,20). The molecule has 0 spiro atoms. The van der Waals surface area contributed by atoms with Crippen molar-refractivity contribution in [1.82, 2.24) is 4.98 Å². The van der Waals surface area contributed by atoms with Gasteiger partial charge in [-0.2, -0.15) is 0 Å². The van der Waals surface area contributed by atoms with Crippen LogP contribution in [-0.4, -0.2) is 17.9 Å².